The number of methoxy groups -OCH3 is 2. The van der Waals surface area contributed by atoms with Crippen LogP contribution in [0.4, 0.5) is 13.2 Å². The first-order chi connectivity index (χ1) is 13.9. The summed E-state index contributed by atoms with van der Waals surface area (Å²) in [7, 11) is 3.07. The molecule has 4 rings (SSSR count). The molecule has 8 heteroatoms. The molecular formula is C21H17F3N2O3. The second-order valence-corrected chi connectivity index (χ2v) is 6.36. The number of nitrogens with zero attached hydrogens (tertiary/aromatic N) is 2. The van der Waals surface area contributed by atoms with E-state index in [-0.39, 0.29) is 12.1 Å². The second kappa shape index (κ2) is 7.20. The Kier molecular flexibility index (Phi) is 4.70. The number of alkyl halides is 3. The number of benzene rings is 2. The van der Waals surface area contributed by atoms with Crippen molar-refractivity contribution in [2.24, 2.45) is 0 Å². The Bertz CT molecular complexity index is 1160. The first kappa shape index (κ1) is 18.9. The van der Waals surface area contributed by atoms with Gasteiger partial charge in [0.05, 0.1) is 36.3 Å². The zero-order valence-electron chi connectivity index (χ0n) is 15.7. The lowest BCUT2D eigenvalue weighted by atomic mass is 10.1. The van der Waals surface area contributed by atoms with Crippen LogP contribution in [0.2, 0.25) is 0 Å². The summed E-state index contributed by atoms with van der Waals surface area (Å²) in [5.41, 5.74) is 1.36. The molecule has 0 amide bonds. The van der Waals surface area contributed by atoms with E-state index in [2.05, 4.69) is 4.98 Å². The molecule has 0 aliphatic rings. The summed E-state index contributed by atoms with van der Waals surface area (Å²) < 4.78 is 57.4. The fraction of sp³-hybridized carbons (Fsp3) is 0.190. The Balaban J connectivity index is 1.74. The van der Waals surface area contributed by atoms with Crippen molar-refractivity contribution >= 4 is 16.6 Å². The van der Waals surface area contributed by atoms with Crippen LogP contribution in [0.3, 0.4) is 0 Å². The molecule has 4 aromatic rings. The summed E-state index contributed by atoms with van der Waals surface area (Å²) in [5, 5.41) is 0. The van der Waals surface area contributed by atoms with E-state index < -0.39 is 11.7 Å². The SMILES string of the molecule is COc1cc(OC)cc(OCc2nc3cc(C(F)(F)F)ccc3n3cccc23)c1. The number of fused-ring (bicyclic) bond motifs is 3. The second-order valence-electron chi connectivity index (χ2n) is 6.36. The Morgan fingerprint density at radius 1 is 0.897 bits per heavy atom. The van der Waals surface area contributed by atoms with Crippen LogP contribution in [0.1, 0.15) is 11.3 Å². The van der Waals surface area contributed by atoms with Crippen molar-refractivity contribution in [1.29, 1.82) is 0 Å². The molecule has 0 fully saturated rings. The first-order valence-corrected chi connectivity index (χ1v) is 8.72. The zero-order valence-corrected chi connectivity index (χ0v) is 15.7. The predicted octanol–water partition coefficient (Wildman–Crippen LogP) is 5.10. The topological polar surface area (TPSA) is 45.0 Å². The van der Waals surface area contributed by atoms with Gasteiger partial charge in [-0.05, 0) is 30.3 Å². The standard InChI is InChI=1S/C21H17F3N2O3/c1-27-14-9-15(28-2)11-16(10-14)29-12-18-19-4-3-7-26(19)20-6-5-13(21(22,23)24)8-17(20)25-18/h3-11H,12H2,1-2H3. The minimum absolute atomic E-state index is 0.0655. The molecule has 29 heavy (non-hydrogen) atoms. The molecule has 0 aliphatic heterocycles. The van der Waals surface area contributed by atoms with E-state index in [1.807, 2.05) is 12.1 Å². The van der Waals surface area contributed by atoms with Gasteiger partial charge in [-0.25, -0.2) is 4.98 Å². The molecule has 0 bridgehead atoms. The molecular weight excluding hydrogens is 385 g/mol. The minimum Gasteiger partial charge on any atom is -0.496 e. The Morgan fingerprint density at radius 3 is 2.24 bits per heavy atom. The molecule has 0 radical (unpaired) electrons. The predicted molar refractivity (Wildman–Crippen MR) is 102 cm³/mol. The highest BCUT2D eigenvalue weighted by Gasteiger charge is 2.30. The van der Waals surface area contributed by atoms with Crippen molar-refractivity contribution < 1.29 is 27.4 Å². The highest BCUT2D eigenvalue weighted by molar-refractivity contribution is 5.80. The van der Waals surface area contributed by atoms with E-state index in [1.54, 1.807) is 28.8 Å². The smallest absolute Gasteiger partial charge is 0.416 e. The van der Waals surface area contributed by atoms with E-state index in [1.165, 1.54) is 20.3 Å². The van der Waals surface area contributed by atoms with Gasteiger partial charge in [0, 0.05) is 24.4 Å². The van der Waals surface area contributed by atoms with Crippen molar-refractivity contribution in [3.8, 4) is 17.2 Å². The fourth-order valence-electron chi connectivity index (χ4n) is 3.14. The summed E-state index contributed by atoms with van der Waals surface area (Å²) >= 11 is 0. The molecule has 0 spiro atoms. The van der Waals surface area contributed by atoms with Gasteiger partial charge in [-0.3, -0.25) is 0 Å². The summed E-state index contributed by atoms with van der Waals surface area (Å²) in [6.07, 6.45) is -2.65. The zero-order chi connectivity index (χ0) is 20.6. The van der Waals surface area contributed by atoms with Crippen molar-refractivity contribution in [3.63, 3.8) is 0 Å². The van der Waals surface area contributed by atoms with Crippen molar-refractivity contribution in [2.45, 2.75) is 12.8 Å². The summed E-state index contributed by atoms with van der Waals surface area (Å²) in [6.45, 7) is 0.0655. The lowest BCUT2D eigenvalue weighted by Gasteiger charge is -2.13. The number of hydrogen-bond acceptors (Lipinski definition) is 4. The normalized spacial score (nSPS) is 11.8. The van der Waals surface area contributed by atoms with Crippen molar-refractivity contribution in [3.05, 3.63) is 66.0 Å². The number of halogens is 3. The van der Waals surface area contributed by atoms with Crippen LogP contribution in [0.15, 0.2) is 54.7 Å². The van der Waals surface area contributed by atoms with E-state index >= 15 is 0 Å². The van der Waals surface area contributed by atoms with Crippen LogP contribution in [-0.2, 0) is 12.8 Å². The van der Waals surface area contributed by atoms with Crippen LogP contribution >= 0.6 is 0 Å². The molecule has 2 aromatic carbocycles. The maximum atomic E-state index is 13.1. The third kappa shape index (κ3) is 3.65. The van der Waals surface area contributed by atoms with Gasteiger partial charge in [-0.15, -0.1) is 0 Å². The van der Waals surface area contributed by atoms with Crippen LogP contribution in [0.5, 0.6) is 17.2 Å². The Morgan fingerprint density at radius 2 is 1.59 bits per heavy atom. The van der Waals surface area contributed by atoms with Gasteiger partial charge < -0.3 is 18.6 Å². The van der Waals surface area contributed by atoms with E-state index in [9.17, 15) is 13.2 Å². The van der Waals surface area contributed by atoms with Crippen molar-refractivity contribution in [1.82, 2.24) is 9.38 Å². The monoisotopic (exact) mass is 402 g/mol. The highest BCUT2D eigenvalue weighted by atomic mass is 19.4. The number of ether oxygens (including phenoxy) is 3. The van der Waals surface area contributed by atoms with Gasteiger partial charge in [0.15, 0.2) is 0 Å². The number of hydrogen-bond donors (Lipinski definition) is 0. The van der Waals surface area contributed by atoms with Gasteiger partial charge in [-0.1, -0.05) is 0 Å². The average molecular weight is 402 g/mol. The van der Waals surface area contributed by atoms with E-state index in [4.69, 9.17) is 14.2 Å². The van der Waals surface area contributed by atoms with E-state index in [0.717, 1.165) is 17.6 Å². The third-order valence-corrected chi connectivity index (χ3v) is 4.56. The summed E-state index contributed by atoms with van der Waals surface area (Å²) in [6, 6.07) is 12.3. The molecule has 150 valence electrons. The van der Waals surface area contributed by atoms with Crippen LogP contribution in [-0.4, -0.2) is 23.6 Å². The van der Waals surface area contributed by atoms with Gasteiger partial charge in [0.2, 0.25) is 0 Å². The van der Waals surface area contributed by atoms with Crippen LogP contribution < -0.4 is 14.2 Å². The van der Waals surface area contributed by atoms with Gasteiger partial charge in [0.1, 0.15) is 29.5 Å². The minimum atomic E-state index is -4.44. The highest BCUT2D eigenvalue weighted by Crippen LogP contribution is 2.32. The summed E-state index contributed by atoms with van der Waals surface area (Å²) in [5.74, 6) is 1.62. The molecule has 5 nitrogen and oxygen atoms in total. The van der Waals surface area contributed by atoms with Gasteiger partial charge in [-0.2, -0.15) is 13.2 Å². The number of aromatic nitrogens is 2. The maximum Gasteiger partial charge on any atom is 0.416 e. The Labute approximate surface area is 164 Å². The molecule has 0 aliphatic carbocycles. The largest absolute Gasteiger partial charge is 0.496 e. The van der Waals surface area contributed by atoms with E-state index in [0.29, 0.717) is 28.5 Å². The summed E-state index contributed by atoms with van der Waals surface area (Å²) in [4.78, 5) is 4.44. The maximum absolute atomic E-state index is 13.1. The molecule has 2 aromatic heterocycles. The molecule has 2 heterocycles. The van der Waals surface area contributed by atoms with Gasteiger partial charge in [0.25, 0.3) is 0 Å². The van der Waals surface area contributed by atoms with Crippen LogP contribution in [0.25, 0.3) is 16.6 Å². The average Bonchev–Trinajstić information content (AvgIpc) is 3.21. The molecule has 0 saturated carbocycles. The number of rotatable bonds is 5. The Hall–Kier alpha value is -3.42. The molecule has 0 atom stereocenters. The molecule has 0 N–H and O–H groups in total. The quantitative estimate of drug-likeness (QED) is 0.466. The molecule has 0 saturated heterocycles. The lowest BCUT2D eigenvalue weighted by Crippen LogP contribution is -2.07. The lowest BCUT2D eigenvalue weighted by molar-refractivity contribution is -0.137. The first-order valence-electron chi connectivity index (χ1n) is 8.72. The van der Waals surface area contributed by atoms with Crippen LogP contribution in [0, 0.1) is 0 Å². The fourth-order valence-corrected chi connectivity index (χ4v) is 3.14. The third-order valence-electron chi connectivity index (χ3n) is 4.56. The van der Waals surface area contributed by atoms with Gasteiger partial charge >= 0.3 is 6.18 Å². The molecule has 0 unspecified atom stereocenters. The van der Waals surface area contributed by atoms with Crippen molar-refractivity contribution in [2.75, 3.05) is 14.2 Å².